The minimum atomic E-state index is -4.73. The van der Waals surface area contributed by atoms with Crippen molar-refractivity contribution in [2.75, 3.05) is 31.5 Å². The lowest BCUT2D eigenvalue weighted by molar-refractivity contribution is -0.142. The lowest BCUT2D eigenvalue weighted by Crippen LogP contribution is -2.52. The van der Waals surface area contributed by atoms with E-state index in [2.05, 4.69) is 15.4 Å². The molecule has 1 aliphatic heterocycles. The summed E-state index contributed by atoms with van der Waals surface area (Å²) in [6, 6.07) is 5.19. The molecule has 0 aliphatic carbocycles. The van der Waals surface area contributed by atoms with E-state index in [1.165, 1.54) is 16.9 Å². The Bertz CT molecular complexity index is 1360. The zero-order valence-electron chi connectivity index (χ0n) is 20.8. The average molecular weight is 535 g/mol. The maximum atomic E-state index is 14.6. The fraction of sp³-hybridized carbons (Fsp3) is 0.400. The number of piperazine rings is 1. The number of pyridine rings is 1. The second-order valence-corrected chi connectivity index (χ2v) is 9.09. The van der Waals surface area contributed by atoms with E-state index in [1.807, 2.05) is 13.8 Å². The predicted molar refractivity (Wildman–Crippen MR) is 129 cm³/mol. The van der Waals surface area contributed by atoms with Crippen LogP contribution in [0.25, 0.3) is 10.9 Å². The molecule has 2 aromatic heterocycles. The van der Waals surface area contributed by atoms with E-state index in [-0.39, 0.29) is 35.5 Å². The molecule has 1 N–H and O–H groups in total. The van der Waals surface area contributed by atoms with Crippen LogP contribution in [0.2, 0.25) is 0 Å². The van der Waals surface area contributed by atoms with Crippen LogP contribution in [0.5, 0.6) is 0 Å². The number of halogens is 4. The zero-order valence-corrected chi connectivity index (χ0v) is 20.8. The molecule has 4 rings (SSSR count). The number of amides is 3. The third kappa shape index (κ3) is 5.92. The summed E-state index contributed by atoms with van der Waals surface area (Å²) in [5.74, 6) is -2.06. The van der Waals surface area contributed by atoms with Crippen molar-refractivity contribution in [2.24, 2.45) is 5.92 Å². The van der Waals surface area contributed by atoms with Gasteiger partial charge >= 0.3 is 6.18 Å². The van der Waals surface area contributed by atoms with Crippen molar-refractivity contribution in [3.63, 3.8) is 0 Å². The van der Waals surface area contributed by atoms with Gasteiger partial charge in [0.1, 0.15) is 23.7 Å². The van der Waals surface area contributed by atoms with Crippen LogP contribution in [0.1, 0.15) is 36.5 Å². The van der Waals surface area contributed by atoms with E-state index >= 15 is 0 Å². The normalized spacial score (nSPS) is 15.0. The highest BCUT2D eigenvalue weighted by molar-refractivity contribution is 6.04. The van der Waals surface area contributed by atoms with Crippen LogP contribution in [0, 0.1) is 11.7 Å². The SMILES string of the molecule is CCC(C)C(=O)N1CCN(C(=O)Cn2cc3cc(NC(=O)c4cccc(C(F)(F)F)n4)c(F)cc3n2)CC1. The highest BCUT2D eigenvalue weighted by Gasteiger charge is 2.33. The van der Waals surface area contributed by atoms with E-state index in [9.17, 15) is 31.9 Å². The summed E-state index contributed by atoms with van der Waals surface area (Å²) in [4.78, 5) is 44.3. The zero-order chi connectivity index (χ0) is 27.6. The molecule has 1 saturated heterocycles. The number of carbonyl (C=O) groups is 3. The number of alkyl halides is 3. The van der Waals surface area contributed by atoms with E-state index in [0.29, 0.717) is 31.6 Å². The largest absolute Gasteiger partial charge is 0.433 e. The third-order valence-electron chi connectivity index (χ3n) is 6.44. The van der Waals surface area contributed by atoms with E-state index < -0.39 is 29.3 Å². The summed E-state index contributed by atoms with van der Waals surface area (Å²) >= 11 is 0. The first-order chi connectivity index (χ1) is 18.0. The summed E-state index contributed by atoms with van der Waals surface area (Å²) in [6.45, 7) is 5.42. The first kappa shape index (κ1) is 27.0. The van der Waals surface area contributed by atoms with Gasteiger partial charge in [0.15, 0.2) is 0 Å². The fourth-order valence-electron chi connectivity index (χ4n) is 4.08. The van der Waals surface area contributed by atoms with Gasteiger partial charge < -0.3 is 15.1 Å². The number of benzene rings is 1. The summed E-state index contributed by atoms with van der Waals surface area (Å²) in [6.07, 6.45) is -2.47. The van der Waals surface area contributed by atoms with Crippen LogP contribution in [0.4, 0.5) is 23.2 Å². The van der Waals surface area contributed by atoms with Crippen molar-refractivity contribution in [3.05, 3.63) is 53.7 Å². The smallest absolute Gasteiger partial charge is 0.339 e. The molecule has 3 amide bonds. The molecule has 1 fully saturated rings. The lowest BCUT2D eigenvalue weighted by Gasteiger charge is -2.35. The molecule has 38 heavy (non-hydrogen) atoms. The van der Waals surface area contributed by atoms with Crippen LogP contribution in [-0.2, 0) is 22.3 Å². The standard InChI is InChI=1S/C25H26F4N6O3/c1-3-15(2)24(38)34-9-7-33(8-10-34)22(36)14-35-13-16-11-20(17(26)12-19(16)32-35)31-23(37)18-5-4-6-21(30-18)25(27,28)29/h4-6,11-13,15H,3,7-10,14H2,1-2H3,(H,31,37). The summed E-state index contributed by atoms with van der Waals surface area (Å²) in [5, 5.41) is 6.87. The van der Waals surface area contributed by atoms with Gasteiger partial charge in [-0.15, -0.1) is 0 Å². The molecule has 3 heterocycles. The molecule has 1 aliphatic rings. The number of fused-ring (bicyclic) bond motifs is 1. The van der Waals surface area contributed by atoms with E-state index in [1.54, 1.807) is 9.80 Å². The Kier molecular flexibility index (Phi) is 7.65. The first-order valence-electron chi connectivity index (χ1n) is 12.0. The summed E-state index contributed by atoms with van der Waals surface area (Å²) in [5.41, 5.74) is -1.80. The topological polar surface area (TPSA) is 100 Å². The van der Waals surface area contributed by atoms with Gasteiger partial charge in [-0.25, -0.2) is 9.37 Å². The summed E-state index contributed by atoms with van der Waals surface area (Å²) < 4.78 is 54.7. The molecular formula is C25H26F4N6O3. The van der Waals surface area contributed by atoms with Gasteiger partial charge in [-0.3, -0.25) is 19.1 Å². The number of hydrogen-bond acceptors (Lipinski definition) is 5. The fourth-order valence-corrected chi connectivity index (χ4v) is 4.08. The van der Waals surface area contributed by atoms with Gasteiger partial charge in [0.25, 0.3) is 5.91 Å². The first-order valence-corrected chi connectivity index (χ1v) is 12.0. The van der Waals surface area contributed by atoms with E-state index in [4.69, 9.17) is 0 Å². The minimum absolute atomic E-state index is 0.0647. The minimum Gasteiger partial charge on any atom is -0.339 e. The molecule has 0 saturated carbocycles. The van der Waals surface area contributed by atoms with Gasteiger partial charge in [-0.1, -0.05) is 19.9 Å². The highest BCUT2D eigenvalue weighted by atomic mass is 19.4. The molecule has 0 radical (unpaired) electrons. The number of aromatic nitrogens is 3. The van der Waals surface area contributed by atoms with Crippen LogP contribution in [-0.4, -0.2) is 68.5 Å². The van der Waals surface area contributed by atoms with Crippen LogP contribution in [0.15, 0.2) is 36.5 Å². The number of nitrogens with one attached hydrogen (secondary N) is 1. The Hall–Kier alpha value is -4.03. The molecule has 0 spiro atoms. The Morgan fingerprint density at radius 2 is 1.76 bits per heavy atom. The third-order valence-corrected chi connectivity index (χ3v) is 6.44. The van der Waals surface area contributed by atoms with Crippen molar-refractivity contribution in [2.45, 2.75) is 33.0 Å². The van der Waals surface area contributed by atoms with E-state index in [0.717, 1.165) is 30.7 Å². The number of rotatable bonds is 6. The Labute approximate surface area is 215 Å². The molecule has 0 bridgehead atoms. The number of carbonyl (C=O) groups excluding carboxylic acids is 3. The molecule has 1 unspecified atom stereocenters. The molecular weight excluding hydrogens is 508 g/mol. The molecule has 13 heteroatoms. The van der Waals surface area contributed by atoms with Gasteiger partial charge in [-0.2, -0.15) is 18.3 Å². The Morgan fingerprint density at radius 1 is 1.08 bits per heavy atom. The second kappa shape index (κ2) is 10.8. The van der Waals surface area contributed by atoms with Gasteiger partial charge in [0.2, 0.25) is 11.8 Å². The van der Waals surface area contributed by atoms with Crippen molar-refractivity contribution in [1.29, 1.82) is 0 Å². The van der Waals surface area contributed by atoms with Gasteiger partial charge in [0, 0.05) is 49.7 Å². The van der Waals surface area contributed by atoms with Crippen molar-refractivity contribution >= 4 is 34.3 Å². The van der Waals surface area contributed by atoms with Crippen molar-refractivity contribution < 1.29 is 31.9 Å². The number of anilines is 1. The number of nitrogens with zero attached hydrogens (tertiary/aromatic N) is 5. The van der Waals surface area contributed by atoms with Gasteiger partial charge in [0.05, 0.1) is 11.2 Å². The lowest BCUT2D eigenvalue weighted by atomic mass is 10.1. The number of hydrogen-bond donors (Lipinski definition) is 1. The molecule has 3 aromatic rings. The van der Waals surface area contributed by atoms with Gasteiger partial charge in [-0.05, 0) is 24.6 Å². The van der Waals surface area contributed by atoms with Crippen molar-refractivity contribution in [3.8, 4) is 0 Å². The maximum absolute atomic E-state index is 14.6. The predicted octanol–water partition coefficient (Wildman–Crippen LogP) is 3.56. The van der Waals surface area contributed by atoms with Crippen LogP contribution >= 0.6 is 0 Å². The molecule has 202 valence electrons. The Balaban J connectivity index is 1.42. The molecule has 9 nitrogen and oxygen atoms in total. The monoisotopic (exact) mass is 534 g/mol. The average Bonchev–Trinajstić information content (AvgIpc) is 3.28. The second-order valence-electron chi connectivity index (χ2n) is 9.09. The van der Waals surface area contributed by atoms with Crippen molar-refractivity contribution in [1.82, 2.24) is 24.6 Å². The highest BCUT2D eigenvalue weighted by Crippen LogP contribution is 2.28. The quantitative estimate of drug-likeness (QED) is 0.488. The van der Waals surface area contributed by atoms with Crippen LogP contribution in [0.3, 0.4) is 0 Å². The summed E-state index contributed by atoms with van der Waals surface area (Å²) in [7, 11) is 0. The Morgan fingerprint density at radius 3 is 2.42 bits per heavy atom. The van der Waals surface area contributed by atoms with Crippen LogP contribution < -0.4 is 5.32 Å². The molecule has 1 atom stereocenters. The maximum Gasteiger partial charge on any atom is 0.433 e. The molecule has 1 aromatic carbocycles.